The smallest absolute Gasteiger partial charge is 0.303 e. The first-order valence-corrected chi connectivity index (χ1v) is 12.6. The fourth-order valence-electron chi connectivity index (χ4n) is 3.79. The number of carbonyl (C=O) groups excluding carboxylic acids is 4. The van der Waals surface area contributed by atoms with Crippen LogP contribution >= 0.6 is 0 Å². The first-order chi connectivity index (χ1) is 17.1. The molecule has 2 amide bonds. The van der Waals surface area contributed by atoms with Gasteiger partial charge in [-0.25, -0.2) is 0 Å². The Balaban J connectivity index is 2.52. The average Bonchev–Trinajstić information content (AvgIpc) is 2.80. The molecule has 0 saturated carbocycles. The van der Waals surface area contributed by atoms with Crippen LogP contribution < -0.4 is 10.6 Å². The third-order valence-electron chi connectivity index (χ3n) is 5.53. The summed E-state index contributed by atoms with van der Waals surface area (Å²) in [7, 11) is 0. The number of nitrogens with one attached hydrogen (secondary N) is 2. The van der Waals surface area contributed by atoms with Gasteiger partial charge in [0.05, 0.1) is 0 Å². The van der Waals surface area contributed by atoms with E-state index in [1.807, 2.05) is 0 Å². The summed E-state index contributed by atoms with van der Waals surface area (Å²) in [5.74, 6) is -1.67. The molecular formula is C24H42N2O10. The fourth-order valence-corrected chi connectivity index (χ4v) is 3.79. The molecule has 12 heteroatoms. The van der Waals surface area contributed by atoms with Crippen LogP contribution in [0, 0.1) is 0 Å². The first kappa shape index (κ1) is 31.7. The molecule has 1 aliphatic heterocycles. The summed E-state index contributed by atoms with van der Waals surface area (Å²) < 4.78 is 21.8. The maximum absolute atomic E-state index is 11.9. The second kappa shape index (κ2) is 18.0. The standard InChI is InChI=1S/C24H42N2O10/c1-16(28)26-21-23(35-18(3)30)22(32)19(15-34-17(2)29)36-24(21)33-14-10-6-7-11-20(31)25-12-8-4-5-9-13-27/h19,21-24,27,32H,4-15H2,1-3H3,(H,25,31)(H,26,28). The molecular weight excluding hydrogens is 476 g/mol. The van der Waals surface area contributed by atoms with Gasteiger partial charge in [0.2, 0.25) is 11.8 Å². The molecule has 1 rings (SSSR count). The average molecular weight is 519 g/mol. The molecule has 0 aromatic carbocycles. The number of amides is 2. The van der Waals surface area contributed by atoms with E-state index in [4.69, 9.17) is 24.1 Å². The van der Waals surface area contributed by atoms with Crippen LogP contribution in [0.15, 0.2) is 0 Å². The Morgan fingerprint density at radius 3 is 2.25 bits per heavy atom. The van der Waals surface area contributed by atoms with Crippen LogP contribution in [0.2, 0.25) is 0 Å². The third-order valence-corrected chi connectivity index (χ3v) is 5.53. The molecule has 36 heavy (non-hydrogen) atoms. The number of aliphatic hydroxyl groups is 2. The van der Waals surface area contributed by atoms with Crippen molar-refractivity contribution in [3.63, 3.8) is 0 Å². The molecule has 1 fully saturated rings. The van der Waals surface area contributed by atoms with Gasteiger partial charge in [-0.15, -0.1) is 0 Å². The number of unbranched alkanes of at least 4 members (excludes halogenated alkanes) is 5. The minimum Gasteiger partial charge on any atom is -0.463 e. The molecule has 1 aliphatic rings. The summed E-state index contributed by atoms with van der Waals surface area (Å²) in [4.78, 5) is 46.5. The molecule has 0 spiro atoms. The zero-order valence-corrected chi connectivity index (χ0v) is 21.5. The van der Waals surface area contributed by atoms with Crippen LogP contribution in [0.25, 0.3) is 0 Å². The Morgan fingerprint density at radius 2 is 1.61 bits per heavy atom. The largest absolute Gasteiger partial charge is 0.463 e. The SMILES string of the molecule is CC(=O)NC1C(OCCCCCC(=O)NCCCCCCO)OC(COC(C)=O)C(O)C1OC(C)=O. The highest BCUT2D eigenvalue weighted by molar-refractivity contribution is 5.75. The van der Waals surface area contributed by atoms with Crippen molar-refractivity contribution in [3.05, 3.63) is 0 Å². The first-order valence-electron chi connectivity index (χ1n) is 12.6. The number of hydrogen-bond donors (Lipinski definition) is 4. The van der Waals surface area contributed by atoms with Crippen molar-refractivity contribution in [2.24, 2.45) is 0 Å². The van der Waals surface area contributed by atoms with E-state index in [2.05, 4.69) is 10.6 Å². The molecule has 12 nitrogen and oxygen atoms in total. The molecule has 0 radical (unpaired) electrons. The van der Waals surface area contributed by atoms with E-state index in [1.165, 1.54) is 20.8 Å². The van der Waals surface area contributed by atoms with Crippen LogP contribution in [0.1, 0.15) is 72.1 Å². The molecule has 4 N–H and O–H groups in total. The normalized spacial score (nSPS) is 23.5. The van der Waals surface area contributed by atoms with Crippen molar-refractivity contribution in [2.75, 3.05) is 26.4 Å². The Bertz CT molecular complexity index is 690. The van der Waals surface area contributed by atoms with E-state index in [0.29, 0.717) is 32.2 Å². The van der Waals surface area contributed by atoms with E-state index < -0.39 is 48.5 Å². The van der Waals surface area contributed by atoms with E-state index in [-0.39, 0.29) is 25.7 Å². The van der Waals surface area contributed by atoms with Crippen LogP contribution in [0.5, 0.6) is 0 Å². The number of esters is 2. The highest BCUT2D eigenvalue weighted by Gasteiger charge is 2.48. The number of ether oxygens (including phenoxy) is 4. The summed E-state index contributed by atoms with van der Waals surface area (Å²) in [6.45, 7) is 4.44. The Labute approximate surface area is 212 Å². The van der Waals surface area contributed by atoms with E-state index >= 15 is 0 Å². The van der Waals surface area contributed by atoms with Gasteiger partial charge in [0.25, 0.3) is 0 Å². The summed E-state index contributed by atoms with van der Waals surface area (Å²) in [5, 5.41) is 24.9. The van der Waals surface area contributed by atoms with Gasteiger partial charge in [-0.2, -0.15) is 0 Å². The lowest BCUT2D eigenvalue weighted by molar-refractivity contribution is -0.274. The summed E-state index contributed by atoms with van der Waals surface area (Å²) in [6, 6.07) is -0.974. The summed E-state index contributed by atoms with van der Waals surface area (Å²) in [6.07, 6.45) is 1.37. The number of rotatable bonds is 17. The van der Waals surface area contributed by atoms with Crippen molar-refractivity contribution in [1.29, 1.82) is 0 Å². The molecule has 0 aromatic heterocycles. The van der Waals surface area contributed by atoms with Gasteiger partial charge in [-0.1, -0.05) is 19.3 Å². The molecule has 5 unspecified atom stereocenters. The van der Waals surface area contributed by atoms with Crippen molar-refractivity contribution in [3.8, 4) is 0 Å². The quantitative estimate of drug-likeness (QED) is 0.155. The molecule has 0 bridgehead atoms. The summed E-state index contributed by atoms with van der Waals surface area (Å²) >= 11 is 0. The topological polar surface area (TPSA) is 170 Å². The van der Waals surface area contributed by atoms with Gasteiger partial charge < -0.3 is 39.8 Å². The van der Waals surface area contributed by atoms with Gasteiger partial charge in [-0.3, -0.25) is 19.2 Å². The Morgan fingerprint density at radius 1 is 0.917 bits per heavy atom. The van der Waals surface area contributed by atoms with E-state index in [9.17, 15) is 24.3 Å². The lowest BCUT2D eigenvalue weighted by Crippen LogP contribution is -2.65. The number of aliphatic hydroxyl groups excluding tert-OH is 2. The monoisotopic (exact) mass is 518 g/mol. The van der Waals surface area contributed by atoms with Crippen LogP contribution in [-0.4, -0.2) is 91.0 Å². The van der Waals surface area contributed by atoms with Gasteiger partial charge in [0.1, 0.15) is 24.9 Å². The van der Waals surface area contributed by atoms with Crippen molar-refractivity contribution in [2.45, 2.75) is 103 Å². The van der Waals surface area contributed by atoms with Crippen molar-refractivity contribution >= 4 is 23.8 Å². The zero-order chi connectivity index (χ0) is 26.9. The second-order valence-electron chi connectivity index (χ2n) is 8.81. The highest BCUT2D eigenvalue weighted by Crippen LogP contribution is 2.25. The second-order valence-corrected chi connectivity index (χ2v) is 8.81. The minimum absolute atomic E-state index is 0.00839. The fraction of sp³-hybridized carbons (Fsp3) is 0.833. The van der Waals surface area contributed by atoms with Crippen LogP contribution in [-0.2, 0) is 38.1 Å². The minimum atomic E-state index is -1.36. The number of hydrogen-bond acceptors (Lipinski definition) is 10. The predicted molar refractivity (Wildman–Crippen MR) is 127 cm³/mol. The van der Waals surface area contributed by atoms with Crippen molar-refractivity contribution in [1.82, 2.24) is 10.6 Å². The summed E-state index contributed by atoms with van der Waals surface area (Å²) in [5.41, 5.74) is 0. The maximum Gasteiger partial charge on any atom is 0.303 e. The zero-order valence-electron chi connectivity index (χ0n) is 21.5. The lowest BCUT2D eigenvalue weighted by atomic mass is 9.96. The van der Waals surface area contributed by atoms with Gasteiger partial charge in [0.15, 0.2) is 12.4 Å². The van der Waals surface area contributed by atoms with Crippen molar-refractivity contribution < 1.29 is 48.3 Å². The van der Waals surface area contributed by atoms with Gasteiger partial charge in [-0.05, 0) is 25.7 Å². The molecule has 1 heterocycles. The molecule has 0 aliphatic carbocycles. The molecule has 5 atom stereocenters. The lowest BCUT2D eigenvalue weighted by Gasteiger charge is -2.43. The Kier molecular flexibility index (Phi) is 15.9. The van der Waals surface area contributed by atoms with Gasteiger partial charge >= 0.3 is 11.9 Å². The molecule has 208 valence electrons. The predicted octanol–water partition coefficient (Wildman–Crippen LogP) is 0.318. The van der Waals surface area contributed by atoms with E-state index in [0.717, 1.165) is 25.7 Å². The highest BCUT2D eigenvalue weighted by atomic mass is 16.7. The van der Waals surface area contributed by atoms with Crippen LogP contribution in [0.3, 0.4) is 0 Å². The third kappa shape index (κ3) is 13.1. The maximum atomic E-state index is 11.9. The number of carbonyl (C=O) groups is 4. The van der Waals surface area contributed by atoms with E-state index in [1.54, 1.807) is 0 Å². The Hall–Kier alpha value is -2.28. The van der Waals surface area contributed by atoms with Gasteiger partial charge in [0, 0.05) is 47.0 Å². The molecule has 0 aromatic rings. The molecule has 1 saturated heterocycles. The van der Waals surface area contributed by atoms with Crippen LogP contribution in [0.4, 0.5) is 0 Å².